The average molecular weight is 425 g/mol. The Hall–Kier alpha value is -2.44. The van der Waals surface area contributed by atoms with Crippen LogP contribution in [-0.2, 0) is 10.4 Å². The molecule has 0 aromatic carbocycles. The molecule has 0 radical (unpaired) electrons. The zero-order chi connectivity index (χ0) is 20.9. The summed E-state index contributed by atoms with van der Waals surface area (Å²) >= 11 is 5.90. The van der Waals surface area contributed by atoms with Crippen molar-refractivity contribution in [2.75, 3.05) is 5.32 Å². The van der Waals surface area contributed by atoms with Crippen LogP contribution < -0.4 is 5.32 Å². The first-order valence-electron chi connectivity index (χ1n) is 10.6. The summed E-state index contributed by atoms with van der Waals surface area (Å²) in [5.41, 5.74) is 3.66. The van der Waals surface area contributed by atoms with Crippen molar-refractivity contribution in [3.8, 4) is 0 Å². The van der Waals surface area contributed by atoms with E-state index in [4.69, 9.17) is 16.6 Å². The molecule has 1 amide bonds. The molecule has 156 valence electrons. The highest BCUT2D eigenvalue weighted by atomic mass is 35.5. The first-order chi connectivity index (χ1) is 14.4. The van der Waals surface area contributed by atoms with Gasteiger partial charge in [-0.05, 0) is 69.7 Å². The summed E-state index contributed by atoms with van der Waals surface area (Å²) in [7, 11) is 0. The number of aliphatic hydroxyl groups is 1. The van der Waals surface area contributed by atoms with Crippen LogP contribution >= 0.6 is 11.6 Å². The van der Waals surface area contributed by atoms with Gasteiger partial charge in [-0.2, -0.15) is 0 Å². The fourth-order valence-corrected chi connectivity index (χ4v) is 4.62. The van der Waals surface area contributed by atoms with Gasteiger partial charge in [0.2, 0.25) is 5.91 Å². The van der Waals surface area contributed by atoms with Crippen molar-refractivity contribution in [3.63, 3.8) is 0 Å². The molecule has 30 heavy (non-hydrogen) atoms. The highest BCUT2D eigenvalue weighted by Crippen LogP contribution is 2.41. The summed E-state index contributed by atoms with van der Waals surface area (Å²) in [5, 5.41) is 14.6. The zero-order valence-electron chi connectivity index (χ0n) is 16.9. The van der Waals surface area contributed by atoms with Crippen molar-refractivity contribution in [2.24, 2.45) is 5.92 Å². The lowest BCUT2D eigenvalue weighted by Crippen LogP contribution is -2.36. The number of aromatic nitrogens is 3. The number of fused-ring (bicyclic) bond motifs is 1. The maximum absolute atomic E-state index is 12.9. The van der Waals surface area contributed by atoms with Crippen LogP contribution in [0.25, 0.3) is 5.65 Å². The summed E-state index contributed by atoms with van der Waals surface area (Å²) < 4.78 is 2.06. The standard InChI is InChI=1S/C23H25ClN4O2/c1-14-21(15-2-3-15)27-20-7-5-18(13-28(14)20)26-22(29)16-8-10-23(30,11-9-16)19-6-4-17(24)12-25-19/h4-7,12-13,15-16,30H,2-3,8-11H2,1H3,(H,26,29). The largest absolute Gasteiger partial charge is 0.384 e. The third-order valence-corrected chi connectivity index (χ3v) is 6.74. The fraction of sp³-hybridized carbons (Fsp3) is 0.435. The van der Waals surface area contributed by atoms with Gasteiger partial charge in [0.05, 0.1) is 22.1 Å². The van der Waals surface area contributed by atoms with E-state index in [1.165, 1.54) is 18.5 Å². The van der Waals surface area contributed by atoms with Gasteiger partial charge < -0.3 is 14.8 Å². The van der Waals surface area contributed by atoms with Crippen LogP contribution in [0.4, 0.5) is 5.69 Å². The molecule has 0 unspecified atom stereocenters. The molecule has 2 N–H and O–H groups in total. The van der Waals surface area contributed by atoms with Crippen molar-refractivity contribution < 1.29 is 9.90 Å². The van der Waals surface area contributed by atoms with Crippen molar-refractivity contribution in [1.29, 1.82) is 0 Å². The number of anilines is 1. The molecule has 5 rings (SSSR count). The molecule has 3 heterocycles. The van der Waals surface area contributed by atoms with Crippen LogP contribution in [0, 0.1) is 12.8 Å². The number of nitrogens with one attached hydrogen (secondary N) is 1. The maximum atomic E-state index is 12.9. The summed E-state index contributed by atoms with van der Waals surface area (Å²) in [4.78, 5) is 21.9. The quantitative estimate of drug-likeness (QED) is 0.642. The molecule has 0 saturated heterocycles. The van der Waals surface area contributed by atoms with Gasteiger partial charge in [0.25, 0.3) is 0 Å². The van der Waals surface area contributed by atoms with Gasteiger partial charge in [-0.3, -0.25) is 9.78 Å². The Bertz CT molecular complexity index is 1100. The first-order valence-corrected chi connectivity index (χ1v) is 10.9. The predicted octanol–water partition coefficient (Wildman–Crippen LogP) is 4.59. The van der Waals surface area contributed by atoms with E-state index in [9.17, 15) is 9.90 Å². The van der Waals surface area contributed by atoms with Crippen molar-refractivity contribution >= 4 is 28.8 Å². The molecule has 0 spiro atoms. The Morgan fingerprint density at radius 3 is 2.63 bits per heavy atom. The van der Waals surface area contributed by atoms with Crippen LogP contribution in [-0.4, -0.2) is 25.4 Å². The van der Waals surface area contributed by atoms with Crippen LogP contribution in [0.15, 0.2) is 36.7 Å². The van der Waals surface area contributed by atoms with E-state index in [-0.39, 0.29) is 11.8 Å². The van der Waals surface area contributed by atoms with Crippen LogP contribution in [0.1, 0.15) is 61.5 Å². The van der Waals surface area contributed by atoms with Crippen molar-refractivity contribution in [2.45, 2.75) is 57.0 Å². The lowest BCUT2D eigenvalue weighted by molar-refractivity contribution is -0.123. The summed E-state index contributed by atoms with van der Waals surface area (Å²) in [6.07, 6.45) is 8.18. The Kier molecular flexibility index (Phi) is 4.79. The van der Waals surface area contributed by atoms with E-state index in [0.29, 0.717) is 42.3 Å². The molecular weight excluding hydrogens is 400 g/mol. The number of carbonyl (C=O) groups is 1. The van der Waals surface area contributed by atoms with E-state index in [2.05, 4.69) is 21.6 Å². The number of aryl methyl sites for hydroxylation is 1. The maximum Gasteiger partial charge on any atom is 0.227 e. The summed E-state index contributed by atoms with van der Waals surface area (Å²) in [5.74, 6) is 0.471. The van der Waals surface area contributed by atoms with Crippen LogP contribution in [0.5, 0.6) is 0 Å². The molecule has 2 saturated carbocycles. The number of amides is 1. The number of hydrogen-bond acceptors (Lipinski definition) is 4. The molecule has 3 aromatic heterocycles. The average Bonchev–Trinajstić information content (AvgIpc) is 3.53. The topological polar surface area (TPSA) is 79.5 Å². The molecular formula is C23H25ClN4O2. The van der Waals surface area contributed by atoms with E-state index in [1.807, 2.05) is 18.3 Å². The summed E-state index contributed by atoms with van der Waals surface area (Å²) in [6.45, 7) is 2.09. The first kappa shape index (κ1) is 19.5. The molecule has 6 nitrogen and oxygen atoms in total. The molecule has 2 aliphatic carbocycles. The van der Waals surface area contributed by atoms with Crippen LogP contribution in [0.3, 0.4) is 0 Å². The van der Waals surface area contributed by atoms with Gasteiger partial charge in [-0.15, -0.1) is 0 Å². The second-order valence-corrected chi connectivity index (χ2v) is 9.10. The normalized spacial score (nSPS) is 24.2. The van der Waals surface area contributed by atoms with Gasteiger partial charge in [-0.25, -0.2) is 4.98 Å². The molecule has 0 aliphatic heterocycles. The van der Waals surface area contributed by atoms with Crippen LogP contribution in [0.2, 0.25) is 5.02 Å². The Morgan fingerprint density at radius 1 is 1.20 bits per heavy atom. The van der Waals surface area contributed by atoms with Crippen molar-refractivity contribution in [1.82, 2.24) is 14.4 Å². The Labute approximate surface area is 180 Å². The van der Waals surface area contributed by atoms with Gasteiger partial charge in [0.1, 0.15) is 11.2 Å². The second kappa shape index (κ2) is 7.36. The highest BCUT2D eigenvalue weighted by molar-refractivity contribution is 6.30. The number of hydrogen-bond donors (Lipinski definition) is 2. The smallest absolute Gasteiger partial charge is 0.227 e. The zero-order valence-corrected chi connectivity index (χ0v) is 17.7. The summed E-state index contributed by atoms with van der Waals surface area (Å²) in [6, 6.07) is 7.37. The Morgan fingerprint density at radius 2 is 1.97 bits per heavy atom. The number of imidazole rings is 1. The molecule has 0 atom stereocenters. The molecule has 3 aromatic rings. The minimum atomic E-state index is -0.993. The molecule has 2 fully saturated rings. The lowest BCUT2D eigenvalue weighted by Gasteiger charge is -2.35. The Balaban J connectivity index is 1.26. The molecule has 7 heteroatoms. The monoisotopic (exact) mass is 424 g/mol. The lowest BCUT2D eigenvalue weighted by atomic mass is 9.76. The van der Waals surface area contributed by atoms with Crippen molar-refractivity contribution in [3.05, 3.63) is 58.8 Å². The fourth-order valence-electron chi connectivity index (χ4n) is 4.51. The van der Waals surface area contributed by atoms with E-state index >= 15 is 0 Å². The van der Waals surface area contributed by atoms with E-state index < -0.39 is 5.60 Å². The predicted molar refractivity (Wildman–Crippen MR) is 116 cm³/mol. The number of carbonyl (C=O) groups excluding carboxylic acids is 1. The third-order valence-electron chi connectivity index (χ3n) is 6.51. The SMILES string of the molecule is Cc1c(C2CC2)nc2ccc(NC(=O)C3CCC(O)(c4ccc(Cl)cn4)CC3)cn12. The minimum Gasteiger partial charge on any atom is -0.384 e. The van der Waals surface area contributed by atoms with Gasteiger partial charge in [0, 0.05) is 29.9 Å². The number of rotatable bonds is 4. The molecule has 2 aliphatic rings. The number of nitrogens with zero attached hydrogens (tertiary/aromatic N) is 3. The highest BCUT2D eigenvalue weighted by Gasteiger charge is 2.38. The van der Waals surface area contributed by atoms with Gasteiger partial charge in [0.15, 0.2) is 0 Å². The third kappa shape index (κ3) is 3.59. The second-order valence-electron chi connectivity index (χ2n) is 8.66. The number of pyridine rings is 2. The van der Waals surface area contributed by atoms with Gasteiger partial charge >= 0.3 is 0 Å². The minimum absolute atomic E-state index is 0.000602. The number of halogens is 1. The van der Waals surface area contributed by atoms with E-state index in [1.54, 1.807) is 18.3 Å². The van der Waals surface area contributed by atoms with E-state index in [0.717, 1.165) is 17.0 Å². The molecule has 0 bridgehead atoms. The van der Waals surface area contributed by atoms with Gasteiger partial charge in [-0.1, -0.05) is 11.6 Å².